The molecule has 0 aromatic heterocycles. The van der Waals surface area contributed by atoms with Crippen molar-refractivity contribution in [3.63, 3.8) is 0 Å². The van der Waals surface area contributed by atoms with Gasteiger partial charge in [-0.25, -0.2) is 0 Å². The zero-order valence-electron chi connectivity index (χ0n) is 22.5. The highest BCUT2D eigenvalue weighted by Crippen LogP contribution is 2.39. The summed E-state index contributed by atoms with van der Waals surface area (Å²) in [4.78, 5) is 11.1. The molecule has 2 aliphatic rings. The molecule has 5 rings (SSSR count). The van der Waals surface area contributed by atoms with Crippen LogP contribution in [-0.2, 0) is 11.4 Å². The Kier molecular flexibility index (Phi) is 7.82. The maximum absolute atomic E-state index is 11.1. The molecule has 206 valence electrons. The Bertz CT molecular complexity index is 1330. The lowest BCUT2D eigenvalue weighted by Crippen LogP contribution is -2.42. The van der Waals surface area contributed by atoms with Gasteiger partial charge < -0.3 is 29.5 Å². The number of fused-ring (bicyclic) bond motifs is 1. The van der Waals surface area contributed by atoms with E-state index in [0.29, 0.717) is 43.3 Å². The smallest absolute Gasteiger partial charge is 0.304 e. The highest BCUT2D eigenvalue weighted by Gasteiger charge is 2.34. The summed E-state index contributed by atoms with van der Waals surface area (Å²) in [5.74, 6) is 1.12. The molecule has 0 bridgehead atoms. The molecule has 1 aliphatic heterocycles. The van der Waals surface area contributed by atoms with E-state index < -0.39 is 17.7 Å². The Labute approximate surface area is 229 Å². The molecule has 7 nitrogen and oxygen atoms in total. The number of rotatable bonds is 9. The fourth-order valence-corrected chi connectivity index (χ4v) is 5.83. The molecule has 1 fully saturated rings. The summed E-state index contributed by atoms with van der Waals surface area (Å²) >= 11 is 0. The summed E-state index contributed by atoms with van der Waals surface area (Å²) in [6.45, 7) is 5.04. The van der Waals surface area contributed by atoms with E-state index in [1.54, 1.807) is 0 Å². The predicted molar refractivity (Wildman–Crippen MR) is 148 cm³/mol. The minimum Gasteiger partial charge on any atom is -0.492 e. The number of aliphatic hydroxyl groups is 2. The maximum Gasteiger partial charge on any atom is 0.304 e. The second-order valence-electron chi connectivity index (χ2n) is 11.0. The van der Waals surface area contributed by atoms with Gasteiger partial charge in [-0.15, -0.1) is 0 Å². The van der Waals surface area contributed by atoms with E-state index >= 15 is 0 Å². The normalized spacial score (nSPS) is 22.2. The van der Waals surface area contributed by atoms with Gasteiger partial charge in [0.2, 0.25) is 0 Å². The van der Waals surface area contributed by atoms with Gasteiger partial charge >= 0.3 is 5.97 Å². The molecule has 1 saturated carbocycles. The summed E-state index contributed by atoms with van der Waals surface area (Å²) in [7, 11) is 0. The zero-order chi connectivity index (χ0) is 27.6. The molecule has 1 aliphatic carbocycles. The van der Waals surface area contributed by atoms with Crippen LogP contribution in [0.15, 0.2) is 54.6 Å². The maximum atomic E-state index is 11.1. The van der Waals surface area contributed by atoms with Crippen LogP contribution in [0, 0.1) is 13.8 Å². The number of carboxylic acids is 1. The van der Waals surface area contributed by atoms with Crippen molar-refractivity contribution in [3.8, 4) is 28.4 Å². The van der Waals surface area contributed by atoms with E-state index in [2.05, 4.69) is 26.0 Å². The molecule has 7 heteroatoms. The van der Waals surface area contributed by atoms with Crippen LogP contribution in [0.4, 0.5) is 0 Å². The molecule has 0 spiro atoms. The van der Waals surface area contributed by atoms with Crippen molar-refractivity contribution in [2.45, 2.75) is 70.2 Å². The molecule has 3 aromatic carbocycles. The molecule has 2 unspecified atom stereocenters. The molecule has 3 N–H and O–H groups in total. The molecule has 0 saturated heterocycles. The summed E-state index contributed by atoms with van der Waals surface area (Å²) in [5.41, 5.74) is 5.31. The SMILES string of the molecule is Cc1cc(OC[C@@]2(O)CCCC(O)C2)cc(C)c1-c1cccc(COc2ccc3c(c2)OCC3CC(=O)O)c1. The number of aliphatic carboxylic acids is 1. The third-order valence-electron chi connectivity index (χ3n) is 7.72. The second-order valence-corrected chi connectivity index (χ2v) is 11.0. The Morgan fingerprint density at radius 1 is 1.05 bits per heavy atom. The van der Waals surface area contributed by atoms with E-state index in [-0.39, 0.29) is 18.9 Å². The van der Waals surface area contributed by atoms with Crippen molar-refractivity contribution < 1.29 is 34.3 Å². The Morgan fingerprint density at radius 2 is 1.85 bits per heavy atom. The predicted octanol–water partition coefficient (Wildman–Crippen LogP) is 5.54. The van der Waals surface area contributed by atoms with Crippen LogP contribution >= 0.6 is 0 Å². The first-order chi connectivity index (χ1) is 18.7. The minimum atomic E-state index is -0.988. The molecular weight excluding hydrogens is 496 g/mol. The lowest BCUT2D eigenvalue weighted by molar-refractivity contribution is -0.137. The topological polar surface area (TPSA) is 105 Å². The van der Waals surface area contributed by atoms with Gasteiger partial charge in [0, 0.05) is 24.0 Å². The number of hydrogen-bond acceptors (Lipinski definition) is 6. The number of aryl methyl sites for hydroxylation is 2. The van der Waals surface area contributed by atoms with Gasteiger partial charge in [0.25, 0.3) is 0 Å². The largest absolute Gasteiger partial charge is 0.492 e. The van der Waals surface area contributed by atoms with Gasteiger partial charge in [0.05, 0.1) is 19.1 Å². The van der Waals surface area contributed by atoms with Crippen molar-refractivity contribution in [1.29, 1.82) is 0 Å². The highest BCUT2D eigenvalue weighted by atomic mass is 16.5. The summed E-state index contributed by atoms with van der Waals surface area (Å²) in [6.07, 6.45) is 2.10. The number of benzene rings is 3. The van der Waals surface area contributed by atoms with E-state index in [1.165, 1.54) is 0 Å². The van der Waals surface area contributed by atoms with Crippen LogP contribution in [0.3, 0.4) is 0 Å². The van der Waals surface area contributed by atoms with E-state index in [1.807, 2.05) is 42.5 Å². The quantitative estimate of drug-likeness (QED) is 0.332. The number of ether oxygens (including phenoxy) is 3. The molecule has 3 atom stereocenters. The summed E-state index contributed by atoms with van der Waals surface area (Å²) < 4.78 is 17.8. The van der Waals surface area contributed by atoms with E-state index in [9.17, 15) is 15.0 Å². The summed E-state index contributed by atoms with van der Waals surface area (Å²) in [6, 6.07) is 17.8. The van der Waals surface area contributed by atoms with Crippen LogP contribution in [0.1, 0.15) is 60.3 Å². The lowest BCUT2D eigenvalue weighted by atomic mass is 9.84. The molecule has 3 aromatic rings. The van der Waals surface area contributed by atoms with E-state index in [0.717, 1.165) is 46.2 Å². The first kappa shape index (κ1) is 27.0. The van der Waals surface area contributed by atoms with Crippen molar-refractivity contribution in [2.75, 3.05) is 13.2 Å². The van der Waals surface area contributed by atoms with Gasteiger partial charge in [0.15, 0.2) is 0 Å². The first-order valence-corrected chi connectivity index (χ1v) is 13.5. The van der Waals surface area contributed by atoms with Crippen LogP contribution in [0.2, 0.25) is 0 Å². The van der Waals surface area contributed by atoms with Gasteiger partial charge in [-0.05, 0) is 85.2 Å². The van der Waals surface area contributed by atoms with Gasteiger partial charge in [-0.2, -0.15) is 0 Å². The molecule has 1 heterocycles. The van der Waals surface area contributed by atoms with Crippen molar-refractivity contribution in [2.24, 2.45) is 0 Å². The third-order valence-corrected chi connectivity index (χ3v) is 7.72. The van der Waals surface area contributed by atoms with E-state index in [4.69, 9.17) is 19.3 Å². The Balaban J connectivity index is 1.25. The second kappa shape index (κ2) is 11.3. The Hall–Kier alpha value is -3.55. The number of carboxylic acid groups (broad SMARTS) is 1. The molecule has 0 amide bonds. The number of aliphatic hydroxyl groups excluding tert-OH is 1. The molecule has 39 heavy (non-hydrogen) atoms. The fourth-order valence-electron chi connectivity index (χ4n) is 5.83. The van der Waals surface area contributed by atoms with Gasteiger partial charge in [-0.3, -0.25) is 4.79 Å². The number of hydrogen-bond donors (Lipinski definition) is 3. The van der Waals surface area contributed by atoms with Crippen molar-refractivity contribution in [1.82, 2.24) is 0 Å². The van der Waals surface area contributed by atoms with Crippen LogP contribution in [-0.4, -0.2) is 46.2 Å². The molecule has 0 radical (unpaired) electrons. The van der Waals surface area contributed by atoms with Gasteiger partial charge in [0.1, 0.15) is 36.1 Å². The number of carbonyl (C=O) groups is 1. The summed E-state index contributed by atoms with van der Waals surface area (Å²) in [5, 5.41) is 29.8. The highest BCUT2D eigenvalue weighted by molar-refractivity contribution is 5.72. The molecular formula is C32H36O7. The van der Waals surface area contributed by atoms with Crippen LogP contribution in [0.25, 0.3) is 11.1 Å². The fraction of sp³-hybridized carbons (Fsp3) is 0.406. The zero-order valence-corrected chi connectivity index (χ0v) is 22.5. The average Bonchev–Trinajstić information content (AvgIpc) is 3.27. The lowest BCUT2D eigenvalue weighted by Gasteiger charge is -2.34. The Morgan fingerprint density at radius 3 is 2.59 bits per heavy atom. The minimum absolute atomic E-state index is 0.0538. The standard InChI is InChI=1S/C32H36O7/c1-20-11-27(39-19-32(36)10-4-7-25(33)16-32)12-21(2)31(20)23-6-3-5-22(13-23)17-37-26-8-9-28-24(14-30(34)35)18-38-29(28)15-26/h3,5-6,8-9,11-13,15,24-25,33,36H,4,7,10,14,16-19H2,1-2H3,(H,34,35)/t24?,25?,32-/m1/s1. The van der Waals surface area contributed by atoms with Crippen molar-refractivity contribution in [3.05, 3.63) is 76.9 Å². The van der Waals surface area contributed by atoms with Crippen molar-refractivity contribution >= 4 is 5.97 Å². The van der Waals surface area contributed by atoms with Gasteiger partial charge in [-0.1, -0.05) is 24.3 Å². The third kappa shape index (κ3) is 6.37. The van der Waals surface area contributed by atoms with Crippen LogP contribution in [0.5, 0.6) is 17.2 Å². The van der Waals surface area contributed by atoms with Crippen LogP contribution < -0.4 is 14.2 Å². The monoisotopic (exact) mass is 532 g/mol. The average molecular weight is 533 g/mol. The first-order valence-electron chi connectivity index (χ1n) is 13.5.